The fourth-order valence-electron chi connectivity index (χ4n) is 2.04. The molecule has 7 heteroatoms. The lowest BCUT2D eigenvalue weighted by molar-refractivity contribution is -0.139. The van der Waals surface area contributed by atoms with Crippen LogP contribution in [0, 0.1) is 12.7 Å². The number of aryl methyl sites for hydroxylation is 1. The van der Waals surface area contributed by atoms with E-state index in [0.717, 1.165) is 5.56 Å². The van der Waals surface area contributed by atoms with E-state index in [4.69, 9.17) is 9.84 Å². The summed E-state index contributed by atoms with van der Waals surface area (Å²) in [6.07, 6.45) is -0.147. The number of ether oxygens (including phenoxy) is 1. The Hall–Kier alpha value is -2.41. The Morgan fingerprint density at radius 2 is 2.00 bits per heavy atom. The summed E-state index contributed by atoms with van der Waals surface area (Å²) in [7, 11) is 0. The van der Waals surface area contributed by atoms with E-state index in [1.54, 1.807) is 24.3 Å². The molecule has 0 heterocycles. The number of amides is 1. The maximum Gasteiger partial charge on any atom is 0.341 e. The first-order valence-corrected chi connectivity index (χ1v) is 7.83. The van der Waals surface area contributed by atoms with Crippen molar-refractivity contribution in [3.63, 3.8) is 0 Å². The topological polar surface area (TPSA) is 75.6 Å². The maximum atomic E-state index is 13.8. The number of carbonyl (C=O) groups excluding carboxylic acids is 1. The summed E-state index contributed by atoms with van der Waals surface area (Å²) < 4.78 is 19.5. The molecule has 24 heavy (non-hydrogen) atoms. The van der Waals surface area contributed by atoms with Crippen LogP contribution >= 0.6 is 15.9 Å². The number of hydrogen-bond acceptors (Lipinski definition) is 3. The molecule has 2 rings (SSSR count). The van der Waals surface area contributed by atoms with Crippen LogP contribution in [-0.2, 0) is 16.0 Å². The Kier molecular flexibility index (Phi) is 5.92. The number of carboxylic acids is 1. The second kappa shape index (κ2) is 7.92. The van der Waals surface area contributed by atoms with Crippen molar-refractivity contribution >= 4 is 33.5 Å². The molecule has 0 bridgehead atoms. The average molecular weight is 396 g/mol. The minimum atomic E-state index is -1.12. The summed E-state index contributed by atoms with van der Waals surface area (Å²) in [5.74, 6) is -1.79. The Morgan fingerprint density at radius 3 is 2.67 bits per heavy atom. The molecule has 0 fully saturated rings. The van der Waals surface area contributed by atoms with Gasteiger partial charge in [0.1, 0.15) is 11.6 Å². The quantitative estimate of drug-likeness (QED) is 0.783. The molecule has 0 aliphatic rings. The highest BCUT2D eigenvalue weighted by atomic mass is 79.9. The van der Waals surface area contributed by atoms with Crippen molar-refractivity contribution in [1.29, 1.82) is 0 Å². The van der Waals surface area contributed by atoms with Crippen LogP contribution in [0.2, 0.25) is 0 Å². The van der Waals surface area contributed by atoms with Crippen LogP contribution in [0.1, 0.15) is 11.1 Å². The number of nitrogens with one attached hydrogen (secondary N) is 1. The molecule has 2 aromatic carbocycles. The van der Waals surface area contributed by atoms with Crippen LogP contribution in [0.25, 0.3) is 0 Å². The van der Waals surface area contributed by atoms with Gasteiger partial charge in [0, 0.05) is 4.47 Å². The van der Waals surface area contributed by atoms with Crippen molar-refractivity contribution in [3.05, 3.63) is 57.8 Å². The van der Waals surface area contributed by atoms with Crippen LogP contribution < -0.4 is 10.1 Å². The molecule has 0 saturated heterocycles. The minimum absolute atomic E-state index is 0.147. The molecule has 2 N–H and O–H groups in total. The molecule has 0 spiro atoms. The van der Waals surface area contributed by atoms with E-state index in [2.05, 4.69) is 21.2 Å². The fourth-order valence-corrected chi connectivity index (χ4v) is 2.37. The van der Waals surface area contributed by atoms with Crippen LogP contribution in [0.15, 0.2) is 40.9 Å². The second-order valence-corrected chi connectivity index (χ2v) is 6.06. The maximum absolute atomic E-state index is 13.8. The number of anilines is 1. The summed E-state index contributed by atoms with van der Waals surface area (Å²) in [6, 6.07) is 9.44. The van der Waals surface area contributed by atoms with E-state index in [1.807, 2.05) is 6.92 Å². The fraction of sp³-hybridized carbons (Fsp3) is 0.176. The standard InChI is InChI=1S/C17H15BrFNO4/c1-10-2-5-15(24-9-17(22)23)14(6-10)20-16(21)7-11-3-4-12(18)8-13(11)19/h2-6,8H,7,9H2,1H3,(H,20,21)(H,22,23). The number of benzene rings is 2. The summed E-state index contributed by atoms with van der Waals surface area (Å²) in [5, 5.41) is 11.3. The molecule has 0 saturated carbocycles. The van der Waals surface area contributed by atoms with Crippen LogP contribution in [-0.4, -0.2) is 23.6 Å². The zero-order valence-electron chi connectivity index (χ0n) is 12.8. The largest absolute Gasteiger partial charge is 0.480 e. The lowest BCUT2D eigenvalue weighted by Crippen LogP contribution is -2.17. The average Bonchev–Trinajstić information content (AvgIpc) is 2.49. The predicted molar refractivity (Wildman–Crippen MR) is 90.7 cm³/mol. The van der Waals surface area contributed by atoms with Gasteiger partial charge in [0.05, 0.1) is 12.1 Å². The molecule has 0 atom stereocenters. The summed E-state index contributed by atoms with van der Waals surface area (Å²) in [4.78, 5) is 22.8. The third kappa shape index (κ3) is 5.06. The predicted octanol–water partition coefficient (Wildman–Crippen LogP) is 3.54. The molecular formula is C17H15BrFNO4. The van der Waals surface area contributed by atoms with Gasteiger partial charge in [-0.2, -0.15) is 0 Å². The Labute approximate surface area is 146 Å². The Bertz CT molecular complexity index is 779. The summed E-state index contributed by atoms with van der Waals surface area (Å²) >= 11 is 3.16. The molecule has 5 nitrogen and oxygen atoms in total. The smallest absolute Gasteiger partial charge is 0.341 e. The lowest BCUT2D eigenvalue weighted by atomic mass is 10.1. The zero-order valence-corrected chi connectivity index (χ0v) is 14.4. The Morgan fingerprint density at radius 1 is 1.25 bits per heavy atom. The number of halogens is 2. The first-order chi connectivity index (χ1) is 11.3. The van der Waals surface area contributed by atoms with Gasteiger partial charge >= 0.3 is 5.97 Å². The first kappa shape index (κ1) is 17.9. The molecule has 0 aliphatic heterocycles. The van der Waals surface area contributed by atoms with Gasteiger partial charge in [0.25, 0.3) is 0 Å². The Balaban J connectivity index is 2.12. The van der Waals surface area contributed by atoms with Gasteiger partial charge in [0.15, 0.2) is 6.61 Å². The van der Waals surface area contributed by atoms with Gasteiger partial charge in [-0.1, -0.05) is 28.1 Å². The second-order valence-electron chi connectivity index (χ2n) is 5.14. The molecular weight excluding hydrogens is 381 g/mol. The lowest BCUT2D eigenvalue weighted by Gasteiger charge is -2.12. The number of carbonyl (C=O) groups is 2. The normalized spacial score (nSPS) is 10.3. The van der Waals surface area contributed by atoms with Crippen molar-refractivity contribution in [2.24, 2.45) is 0 Å². The van der Waals surface area contributed by atoms with Crippen molar-refractivity contribution in [2.45, 2.75) is 13.3 Å². The van der Waals surface area contributed by atoms with Crippen molar-refractivity contribution in [1.82, 2.24) is 0 Å². The molecule has 126 valence electrons. The summed E-state index contributed by atoms with van der Waals surface area (Å²) in [5.41, 5.74) is 1.47. The highest BCUT2D eigenvalue weighted by molar-refractivity contribution is 9.10. The van der Waals surface area contributed by atoms with Gasteiger partial charge < -0.3 is 15.2 Å². The van der Waals surface area contributed by atoms with Crippen molar-refractivity contribution in [3.8, 4) is 5.75 Å². The molecule has 2 aromatic rings. The van der Waals surface area contributed by atoms with E-state index >= 15 is 0 Å². The van der Waals surface area contributed by atoms with Crippen LogP contribution in [0.5, 0.6) is 5.75 Å². The molecule has 1 amide bonds. The summed E-state index contributed by atoms with van der Waals surface area (Å²) in [6.45, 7) is 1.30. The van der Waals surface area contributed by atoms with E-state index in [-0.39, 0.29) is 17.7 Å². The van der Waals surface area contributed by atoms with E-state index < -0.39 is 24.3 Å². The van der Waals surface area contributed by atoms with E-state index in [9.17, 15) is 14.0 Å². The van der Waals surface area contributed by atoms with Gasteiger partial charge in [-0.25, -0.2) is 9.18 Å². The third-order valence-corrected chi connectivity index (χ3v) is 3.62. The van der Waals surface area contributed by atoms with E-state index in [1.165, 1.54) is 12.1 Å². The highest BCUT2D eigenvalue weighted by Crippen LogP contribution is 2.26. The molecule has 0 aromatic heterocycles. The third-order valence-electron chi connectivity index (χ3n) is 3.13. The number of hydrogen-bond donors (Lipinski definition) is 2. The number of aliphatic carboxylic acids is 1. The van der Waals surface area contributed by atoms with Crippen LogP contribution in [0.3, 0.4) is 0 Å². The van der Waals surface area contributed by atoms with Gasteiger partial charge in [-0.15, -0.1) is 0 Å². The van der Waals surface area contributed by atoms with Crippen LogP contribution in [0.4, 0.5) is 10.1 Å². The van der Waals surface area contributed by atoms with Crippen molar-refractivity contribution < 1.29 is 23.8 Å². The number of rotatable bonds is 6. The number of carboxylic acid groups (broad SMARTS) is 1. The molecule has 0 radical (unpaired) electrons. The van der Waals surface area contributed by atoms with Gasteiger partial charge in [0.2, 0.25) is 5.91 Å². The molecule has 0 unspecified atom stereocenters. The van der Waals surface area contributed by atoms with Gasteiger partial charge in [-0.3, -0.25) is 4.79 Å². The van der Waals surface area contributed by atoms with Gasteiger partial charge in [-0.05, 0) is 42.3 Å². The minimum Gasteiger partial charge on any atom is -0.480 e. The van der Waals surface area contributed by atoms with Crippen molar-refractivity contribution in [2.75, 3.05) is 11.9 Å². The SMILES string of the molecule is Cc1ccc(OCC(=O)O)c(NC(=O)Cc2ccc(Br)cc2F)c1. The zero-order chi connectivity index (χ0) is 17.7. The first-order valence-electron chi connectivity index (χ1n) is 7.04. The van der Waals surface area contributed by atoms with E-state index in [0.29, 0.717) is 10.2 Å². The monoisotopic (exact) mass is 395 g/mol. The highest BCUT2D eigenvalue weighted by Gasteiger charge is 2.12. The molecule has 0 aliphatic carbocycles.